The first kappa shape index (κ1) is 24.2. The van der Waals surface area contributed by atoms with E-state index in [0.29, 0.717) is 17.1 Å². The quantitative estimate of drug-likeness (QED) is 0.196. The normalized spacial score (nSPS) is 18.2. The Kier molecular flexibility index (Phi) is 9.93. The lowest BCUT2D eigenvalue weighted by atomic mass is 9.74. The average Bonchev–Trinajstić information content (AvgIpc) is 2.84. The average molecular weight is 439 g/mol. The third kappa shape index (κ3) is 7.58. The molecule has 2 unspecified atom stereocenters. The van der Waals surface area contributed by atoms with Gasteiger partial charge in [0.05, 0.1) is 19.3 Å². The lowest BCUT2D eigenvalue weighted by Gasteiger charge is -2.31. The molecule has 0 heterocycles. The van der Waals surface area contributed by atoms with Crippen LogP contribution in [0.15, 0.2) is 48.5 Å². The number of ether oxygens (including phenoxy) is 3. The van der Waals surface area contributed by atoms with Gasteiger partial charge in [-0.05, 0) is 73.2 Å². The highest BCUT2D eigenvalue weighted by atomic mass is 16.5. The van der Waals surface area contributed by atoms with E-state index < -0.39 is 0 Å². The molecule has 0 aliphatic heterocycles. The van der Waals surface area contributed by atoms with Crippen molar-refractivity contribution >= 4 is 5.97 Å². The number of rotatable bonds is 12. The van der Waals surface area contributed by atoms with Gasteiger partial charge in [-0.1, -0.05) is 58.3 Å². The lowest BCUT2D eigenvalue weighted by Crippen LogP contribution is -2.20. The fourth-order valence-corrected chi connectivity index (χ4v) is 4.73. The highest BCUT2D eigenvalue weighted by molar-refractivity contribution is 5.91. The van der Waals surface area contributed by atoms with Crippen molar-refractivity contribution in [2.75, 3.05) is 13.7 Å². The number of methoxy groups -OCH3 is 1. The van der Waals surface area contributed by atoms with Crippen LogP contribution in [0.5, 0.6) is 17.2 Å². The summed E-state index contributed by atoms with van der Waals surface area (Å²) in [6.07, 6.45) is 13.5. The van der Waals surface area contributed by atoms with Crippen LogP contribution in [0.4, 0.5) is 0 Å². The molecule has 32 heavy (non-hydrogen) atoms. The zero-order valence-electron chi connectivity index (χ0n) is 19.7. The minimum Gasteiger partial charge on any atom is -0.497 e. The molecule has 174 valence electrons. The molecule has 4 heteroatoms. The molecule has 3 rings (SSSR count). The number of benzene rings is 2. The predicted molar refractivity (Wildman–Crippen MR) is 129 cm³/mol. The first-order valence-corrected chi connectivity index (χ1v) is 12.3. The Hall–Kier alpha value is -2.49. The van der Waals surface area contributed by atoms with Crippen LogP contribution in [0.1, 0.15) is 81.5 Å². The van der Waals surface area contributed by atoms with Crippen molar-refractivity contribution in [2.45, 2.75) is 71.1 Å². The Morgan fingerprint density at radius 1 is 0.812 bits per heavy atom. The van der Waals surface area contributed by atoms with E-state index >= 15 is 0 Å². The van der Waals surface area contributed by atoms with E-state index in [-0.39, 0.29) is 5.97 Å². The van der Waals surface area contributed by atoms with Gasteiger partial charge in [-0.3, -0.25) is 0 Å². The molecule has 0 N–H and O–H groups in total. The highest BCUT2D eigenvalue weighted by Crippen LogP contribution is 2.36. The predicted octanol–water partition coefficient (Wildman–Crippen LogP) is 7.46. The molecule has 0 amide bonds. The van der Waals surface area contributed by atoms with Crippen molar-refractivity contribution in [3.63, 3.8) is 0 Å². The summed E-state index contributed by atoms with van der Waals surface area (Å²) >= 11 is 0. The molecule has 1 aliphatic rings. The van der Waals surface area contributed by atoms with Gasteiger partial charge in [0.1, 0.15) is 17.2 Å². The molecular weight excluding hydrogens is 400 g/mol. The van der Waals surface area contributed by atoms with Crippen LogP contribution < -0.4 is 14.2 Å². The van der Waals surface area contributed by atoms with Crippen LogP contribution in [-0.2, 0) is 0 Å². The summed E-state index contributed by atoms with van der Waals surface area (Å²) in [6.45, 7) is 3.02. The van der Waals surface area contributed by atoms with Crippen LogP contribution >= 0.6 is 0 Å². The molecule has 0 saturated heterocycles. The number of carbonyl (C=O) groups is 1. The van der Waals surface area contributed by atoms with Crippen LogP contribution in [0.3, 0.4) is 0 Å². The monoisotopic (exact) mass is 438 g/mol. The maximum Gasteiger partial charge on any atom is 0.343 e. The van der Waals surface area contributed by atoms with Gasteiger partial charge < -0.3 is 14.2 Å². The first-order valence-electron chi connectivity index (χ1n) is 12.3. The van der Waals surface area contributed by atoms with E-state index in [1.54, 1.807) is 43.5 Å². The fourth-order valence-electron chi connectivity index (χ4n) is 4.73. The van der Waals surface area contributed by atoms with Crippen molar-refractivity contribution in [2.24, 2.45) is 11.8 Å². The zero-order valence-corrected chi connectivity index (χ0v) is 19.7. The second kappa shape index (κ2) is 13.1. The van der Waals surface area contributed by atoms with Gasteiger partial charge in [-0.2, -0.15) is 0 Å². The molecule has 0 bridgehead atoms. The SMILES string of the molecule is CCCCCC1CCCCC1CCCOc1ccc(OC(=O)c2ccc(OC)cc2)cc1. The third-order valence-electron chi connectivity index (χ3n) is 6.59. The second-order valence-corrected chi connectivity index (χ2v) is 8.88. The summed E-state index contributed by atoms with van der Waals surface area (Å²) in [5.41, 5.74) is 0.488. The van der Waals surface area contributed by atoms with Crippen LogP contribution in [-0.4, -0.2) is 19.7 Å². The van der Waals surface area contributed by atoms with E-state index in [1.165, 1.54) is 57.8 Å². The van der Waals surface area contributed by atoms with E-state index in [0.717, 1.165) is 30.6 Å². The number of unbranched alkanes of at least 4 members (excludes halogenated alkanes) is 2. The van der Waals surface area contributed by atoms with Gasteiger partial charge in [0.2, 0.25) is 0 Å². The van der Waals surface area contributed by atoms with Gasteiger partial charge in [0.15, 0.2) is 0 Å². The number of esters is 1. The molecule has 1 fully saturated rings. The van der Waals surface area contributed by atoms with Gasteiger partial charge in [-0.15, -0.1) is 0 Å². The van der Waals surface area contributed by atoms with Crippen molar-refractivity contribution in [3.05, 3.63) is 54.1 Å². The standard InChI is InChI=1S/C28H38O4/c1-3-4-5-9-22-10-6-7-11-23(22)12-8-21-31-26-17-19-27(20-18-26)32-28(29)24-13-15-25(30-2)16-14-24/h13-20,22-23H,3-12,21H2,1-2H3. The van der Waals surface area contributed by atoms with Crippen molar-refractivity contribution in [1.29, 1.82) is 0 Å². The van der Waals surface area contributed by atoms with Crippen molar-refractivity contribution in [1.82, 2.24) is 0 Å². The Balaban J connectivity index is 1.39. The molecule has 2 atom stereocenters. The highest BCUT2D eigenvalue weighted by Gasteiger charge is 2.24. The molecule has 2 aromatic rings. The summed E-state index contributed by atoms with van der Waals surface area (Å²) in [4.78, 5) is 12.3. The minimum absolute atomic E-state index is 0.387. The molecule has 0 radical (unpaired) electrons. The molecular formula is C28H38O4. The Morgan fingerprint density at radius 2 is 1.41 bits per heavy atom. The summed E-state index contributed by atoms with van der Waals surface area (Å²) < 4.78 is 16.5. The topological polar surface area (TPSA) is 44.8 Å². The van der Waals surface area contributed by atoms with Gasteiger partial charge in [0.25, 0.3) is 0 Å². The van der Waals surface area contributed by atoms with Crippen LogP contribution in [0.2, 0.25) is 0 Å². The Bertz CT molecular complexity index is 797. The zero-order chi connectivity index (χ0) is 22.6. The van der Waals surface area contributed by atoms with Crippen molar-refractivity contribution < 1.29 is 19.0 Å². The van der Waals surface area contributed by atoms with E-state index in [4.69, 9.17) is 14.2 Å². The van der Waals surface area contributed by atoms with E-state index in [2.05, 4.69) is 6.92 Å². The van der Waals surface area contributed by atoms with Gasteiger partial charge in [-0.25, -0.2) is 4.79 Å². The van der Waals surface area contributed by atoms with E-state index in [1.807, 2.05) is 12.1 Å². The van der Waals surface area contributed by atoms with E-state index in [9.17, 15) is 4.79 Å². The molecule has 1 saturated carbocycles. The lowest BCUT2D eigenvalue weighted by molar-refractivity contribution is 0.0734. The maximum absolute atomic E-state index is 12.3. The summed E-state index contributed by atoms with van der Waals surface area (Å²) in [5, 5.41) is 0. The number of carbonyl (C=O) groups excluding carboxylic acids is 1. The summed E-state index contributed by atoms with van der Waals surface area (Å²) in [6, 6.07) is 14.2. The number of hydrogen-bond donors (Lipinski definition) is 0. The summed E-state index contributed by atoms with van der Waals surface area (Å²) in [7, 11) is 1.60. The fraction of sp³-hybridized carbons (Fsp3) is 0.536. The largest absolute Gasteiger partial charge is 0.497 e. The number of hydrogen-bond acceptors (Lipinski definition) is 4. The molecule has 0 spiro atoms. The Morgan fingerprint density at radius 3 is 2.03 bits per heavy atom. The van der Waals surface area contributed by atoms with Gasteiger partial charge in [0, 0.05) is 0 Å². The van der Waals surface area contributed by atoms with Crippen LogP contribution in [0, 0.1) is 11.8 Å². The maximum atomic E-state index is 12.3. The molecule has 4 nitrogen and oxygen atoms in total. The molecule has 0 aromatic heterocycles. The molecule has 2 aromatic carbocycles. The second-order valence-electron chi connectivity index (χ2n) is 8.88. The smallest absolute Gasteiger partial charge is 0.343 e. The van der Waals surface area contributed by atoms with Crippen molar-refractivity contribution in [3.8, 4) is 17.2 Å². The minimum atomic E-state index is -0.387. The Labute approximate surface area is 193 Å². The molecule has 1 aliphatic carbocycles. The van der Waals surface area contributed by atoms with Gasteiger partial charge >= 0.3 is 5.97 Å². The summed E-state index contributed by atoms with van der Waals surface area (Å²) in [5.74, 6) is 3.45. The van der Waals surface area contributed by atoms with Crippen LogP contribution in [0.25, 0.3) is 0 Å². The third-order valence-corrected chi connectivity index (χ3v) is 6.59. The first-order chi connectivity index (χ1) is 15.7.